The summed E-state index contributed by atoms with van der Waals surface area (Å²) in [5.74, 6) is 3.68. The highest BCUT2D eigenvalue weighted by Gasteiger charge is 2.51. The van der Waals surface area contributed by atoms with Crippen molar-refractivity contribution in [1.82, 2.24) is 0 Å². The monoisotopic (exact) mass is 192 g/mol. The van der Waals surface area contributed by atoms with Crippen LogP contribution >= 0.6 is 0 Å². The first kappa shape index (κ1) is 10.3. The Bertz CT molecular complexity index is 240. The van der Waals surface area contributed by atoms with E-state index in [1.165, 1.54) is 19.3 Å². The third-order valence-electron chi connectivity index (χ3n) is 5.25. The van der Waals surface area contributed by atoms with Crippen LogP contribution in [0.2, 0.25) is 0 Å². The van der Waals surface area contributed by atoms with Crippen LogP contribution in [-0.4, -0.2) is 0 Å². The van der Waals surface area contributed by atoms with Crippen LogP contribution in [0.25, 0.3) is 0 Å². The van der Waals surface area contributed by atoms with E-state index in [1.807, 2.05) is 0 Å². The molecule has 0 bridgehead atoms. The van der Waals surface area contributed by atoms with Crippen LogP contribution in [0.1, 0.15) is 47.0 Å². The first-order valence-electron chi connectivity index (χ1n) is 6.20. The molecule has 5 unspecified atom stereocenters. The summed E-state index contributed by atoms with van der Waals surface area (Å²) >= 11 is 0. The van der Waals surface area contributed by atoms with Gasteiger partial charge in [0.15, 0.2) is 0 Å². The normalized spacial score (nSPS) is 52.9. The number of rotatable bonds is 0. The molecule has 0 nitrogen and oxygen atoms in total. The van der Waals surface area contributed by atoms with Gasteiger partial charge >= 0.3 is 0 Å². The Hall–Kier alpha value is -0.260. The van der Waals surface area contributed by atoms with E-state index in [2.05, 4.69) is 39.8 Å². The molecule has 5 atom stereocenters. The maximum atomic E-state index is 2.53. The lowest BCUT2D eigenvalue weighted by Gasteiger charge is -2.58. The molecule has 1 saturated carbocycles. The Morgan fingerprint density at radius 3 is 2.29 bits per heavy atom. The topological polar surface area (TPSA) is 0 Å². The van der Waals surface area contributed by atoms with Crippen molar-refractivity contribution in [3.05, 3.63) is 12.2 Å². The van der Waals surface area contributed by atoms with Crippen LogP contribution in [0.3, 0.4) is 0 Å². The van der Waals surface area contributed by atoms with Gasteiger partial charge in [0.1, 0.15) is 0 Å². The van der Waals surface area contributed by atoms with E-state index in [0.717, 1.165) is 23.7 Å². The van der Waals surface area contributed by atoms with Gasteiger partial charge in [-0.1, -0.05) is 39.8 Å². The molecule has 2 rings (SSSR count). The summed E-state index contributed by atoms with van der Waals surface area (Å²) in [6.45, 7) is 9.85. The minimum atomic E-state index is 0.642. The first-order chi connectivity index (χ1) is 6.55. The van der Waals surface area contributed by atoms with E-state index in [-0.39, 0.29) is 0 Å². The highest BCUT2D eigenvalue weighted by atomic mass is 14.6. The second-order valence-electron chi connectivity index (χ2n) is 6.00. The Kier molecular flexibility index (Phi) is 2.49. The summed E-state index contributed by atoms with van der Waals surface area (Å²) in [6, 6.07) is 0. The Balaban J connectivity index is 2.21. The molecule has 0 heteroatoms. The fraction of sp³-hybridized carbons (Fsp3) is 0.857. The zero-order chi connectivity index (χ0) is 10.3. The molecule has 1 fully saturated rings. The average Bonchev–Trinajstić information content (AvgIpc) is 2.14. The van der Waals surface area contributed by atoms with Crippen molar-refractivity contribution in [1.29, 1.82) is 0 Å². The highest BCUT2D eigenvalue weighted by molar-refractivity contribution is 5.06. The summed E-state index contributed by atoms with van der Waals surface area (Å²) in [5, 5.41) is 0. The molecule has 0 N–H and O–H groups in total. The third kappa shape index (κ3) is 1.34. The minimum Gasteiger partial charge on any atom is -0.0883 e. The summed E-state index contributed by atoms with van der Waals surface area (Å²) in [5.41, 5.74) is 0.642. The fourth-order valence-corrected chi connectivity index (χ4v) is 3.91. The number of hydrogen-bond acceptors (Lipinski definition) is 0. The maximum absolute atomic E-state index is 2.53. The Labute approximate surface area is 88.8 Å². The van der Waals surface area contributed by atoms with Crippen LogP contribution in [0.15, 0.2) is 12.2 Å². The van der Waals surface area contributed by atoms with Crippen molar-refractivity contribution in [2.45, 2.75) is 47.0 Å². The molecule has 2 aliphatic carbocycles. The average molecular weight is 192 g/mol. The quantitative estimate of drug-likeness (QED) is 0.503. The van der Waals surface area contributed by atoms with E-state index in [4.69, 9.17) is 0 Å². The molecule has 0 spiro atoms. The SMILES string of the molecule is CC1CC=CCC2C(C)CC2(C)C1C. The lowest BCUT2D eigenvalue weighted by Crippen LogP contribution is -2.50. The predicted octanol–water partition coefficient (Wildman–Crippen LogP) is 4.27. The molecular formula is C14H24. The summed E-state index contributed by atoms with van der Waals surface area (Å²) in [6.07, 6.45) is 8.91. The van der Waals surface area contributed by atoms with Crippen molar-refractivity contribution in [2.75, 3.05) is 0 Å². The number of allylic oxidation sites excluding steroid dienone is 2. The highest BCUT2D eigenvalue weighted by Crippen LogP contribution is 2.59. The van der Waals surface area contributed by atoms with Gasteiger partial charge in [-0.3, -0.25) is 0 Å². The molecule has 2 aliphatic rings. The van der Waals surface area contributed by atoms with Crippen LogP contribution in [-0.2, 0) is 0 Å². The second kappa shape index (κ2) is 3.40. The lowest BCUT2D eigenvalue weighted by molar-refractivity contribution is -0.0789. The van der Waals surface area contributed by atoms with E-state index in [1.54, 1.807) is 0 Å². The van der Waals surface area contributed by atoms with E-state index in [9.17, 15) is 0 Å². The van der Waals surface area contributed by atoms with Gasteiger partial charge in [0.25, 0.3) is 0 Å². The molecule has 14 heavy (non-hydrogen) atoms. The Morgan fingerprint density at radius 1 is 1.00 bits per heavy atom. The minimum absolute atomic E-state index is 0.642. The second-order valence-corrected chi connectivity index (χ2v) is 6.00. The molecule has 0 radical (unpaired) electrons. The number of fused-ring (bicyclic) bond motifs is 1. The van der Waals surface area contributed by atoms with E-state index >= 15 is 0 Å². The van der Waals surface area contributed by atoms with E-state index < -0.39 is 0 Å². The molecule has 0 aliphatic heterocycles. The van der Waals surface area contributed by atoms with Crippen LogP contribution in [0.4, 0.5) is 0 Å². The molecule has 80 valence electrons. The van der Waals surface area contributed by atoms with Gasteiger partial charge in [0, 0.05) is 0 Å². The number of hydrogen-bond donors (Lipinski definition) is 0. The van der Waals surface area contributed by atoms with Crippen molar-refractivity contribution in [2.24, 2.45) is 29.1 Å². The molecule has 0 heterocycles. The van der Waals surface area contributed by atoms with Crippen molar-refractivity contribution in [3.8, 4) is 0 Å². The summed E-state index contributed by atoms with van der Waals surface area (Å²) in [7, 11) is 0. The van der Waals surface area contributed by atoms with Gasteiger partial charge in [-0.05, 0) is 48.3 Å². The van der Waals surface area contributed by atoms with E-state index in [0.29, 0.717) is 5.41 Å². The van der Waals surface area contributed by atoms with Gasteiger partial charge in [-0.2, -0.15) is 0 Å². The van der Waals surface area contributed by atoms with Crippen LogP contribution in [0, 0.1) is 29.1 Å². The van der Waals surface area contributed by atoms with Crippen molar-refractivity contribution < 1.29 is 0 Å². The van der Waals surface area contributed by atoms with Gasteiger partial charge in [-0.15, -0.1) is 0 Å². The Morgan fingerprint density at radius 2 is 1.64 bits per heavy atom. The molecule has 0 aromatic carbocycles. The first-order valence-corrected chi connectivity index (χ1v) is 6.20. The maximum Gasteiger partial charge on any atom is -0.0261 e. The van der Waals surface area contributed by atoms with Crippen molar-refractivity contribution in [3.63, 3.8) is 0 Å². The largest absolute Gasteiger partial charge is 0.0883 e. The molecule has 0 amide bonds. The fourth-order valence-electron chi connectivity index (χ4n) is 3.91. The lowest BCUT2D eigenvalue weighted by atomic mass is 9.47. The third-order valence-corrected chi connectivity index (χ3v) is 5.25. The van der Waals surface area contributed by atoms with Crippen LogP contribution in [0.5, 0.6) is 0 Å². The van der Waals surface area contributed by atoms with Gasteiger partial charge in [-0.25, -0.2) is 0 Å². The van der Waals surface area contributed by atoms with Gasteiger partial charge in [0.2, 0.25) is 0 Å². The molecule has 0 saturated heterocycles. The van der Waals surface area contributed by atoms with Crippen molar-refractivity contribution >= 4 is 0 Å². The zero-order valence-electron chi connectivity index (χ0n) is 10.1. The zero-order valence-corrected chi connectivity index (χ0v) is 10.1. The standard InChI is InChI=1S/C14H24/c1-10-7-5-6-8-13-11(2)9-14(13,4)12(10)3/h5-6,10-13H,7-9H2,1-4H3. The summed E-state index contributed by atoms with van der Waals surface area (Å²) in [4.78, 5) is 0. The van der Waals surface area contributed by atoms with Crippen LogP contribution < -0.4 is 0 Å². The smallest absolute Gasteiger partial charge is 0.0261 e. The summed E-state index contributed by atoms with van der Waals surface area (Å²) < 4.78 is 0. The van der Waals surface area contributed by atoms with Gasteiger partial charge < -0.3 is 0 Å². The molecular weight excluding hydrogens is 168 g/mol. The van der Waals surface area contributed by atoms with Gasteiger partial charge in [0.05, 0.1) is 0 Å². The predicted molar refractivity (Wildman–Crippen MR) is 62.1 cm³/mol. The molecule has 0 aromatic rings. The molecule has 0 aromatic heterocycles.